The SMILES string of the molecule is CNC(=O)c1ccc(-c2ccc([N+](=O)[O-])cc2C)c(Cl)c1. The van der Waals surface area contributed by atoms with Gasteiger partial charge in [-0.05, 0) is 36.2 Å². The molecule has 0 heterocycles. The van der Waals surface area contributed by atoms with Crippen LogP contribution in [0, 0.1) is 17.0 Å². The van der Waals surface area contributed by atoms with Crippen LogP contribution in [0.15, 0.2) is 36.4 Å². The van der Waals surface area contributed by atoms with Crippen LogP contribution in [0.4, 0.5) is 5.69 Å². The van der Waals surface area contributed by atoms with Gasteiger partial charge in [0.2, 0.25) is 0 Å². The van der Waals surface area contributed by atoms with Gasteiger partial charge in [-0.15, -0.1) is 0 Å². The molecule has 0 aliphatic carbocycles. The van der Waals surface area contributed by atoms with Crippen LogP contribution < -0.4 is 5.32 Å². The van der Waals surface area contributed by atoms with Gasteiger partial charge in [-0.2, -0.15) is 0 Å². The number of nitro benzene ring substituents is 1. The Hall–Kier alpha value is -2.40. The average molecular weight is 305 g/mol. The largest absolute Gasteiger partial charge is 0.355 e. The summed E-state index contributed by atoms with van der Waals surface area (Å²) in [6, 6.07) is 9.58. The Balaban J connectivity index is 2.47. The number of carbonyl (C=O) groups excluding carboxylic acids is 1. The Kier molecular flexibility index (Phi) is 4.23. The van der Waals surface area contributed by atoms with Crippen molar-refractivity contribution in [2.75, 3.05) is 7.05 Å². The molecule has 0 atom stereocenters. The van der Waals surface area contributed by atoms with E-state index in [1.807, 2.05) is 0 Å². The van der Waals surface area contributed by atoms with Crippen LogP contribution in [0.3, 0.4) is 0 Å². The Bertz CT molecular complexity index is 729. The number of halogens is 1. The summed E-state index contributed by atoms with van der Waals surface area (Å²) < 4.78 is 0. The van der Waals surface area contributed by atoms with E-state index in [2.05, 4.69) is 5.32 Å². The molecule has 0 fully saturated rings. The Morgan fingerprint density at radius 3 is 2.38 bits per heavy atom. The molecular formula is C15H13ClN2O3. The molecule has 108 valence electrons. The van der Waals surface area contributed by atoms with Crippen molar-refractivity contribution >= 4 is 23.2 Å². The van der Waals surface area contributed by atoms with Crippen molar-refractivity contribution in [2.24, 2.45) is 0 Å². The van der Waals surface area contributed by atoms with Gasteiger partial charge in [-0.3, -0.25) is 14.9 Å². The first-order valence-corrected chi connectivity index (χ1v) is 6.59. The van der Waals surface area contributed by atoms with E-state index in [0.717, 1.165) is 16.7 Å². The summed E-state index contributed by atoms with van der Waals surface area (Å²) in [4.78, 5) is 21.9. The van der Waals surface area contributed by atoms with Gasteiger partial charge in [0, 0.05) is 35.3 Å². The molecule has 0 saturated carbocycles. The number of nitrogens with one attached hydrogen (secondary N) is 1. The lowest BCUT2D eigenvalue weighted by atomic mass is 9.98. The van der Waals surface area contributed by atoms with E-state index in [1.165, 1.54) is 12.1 Å². The molecule has 5 nitrogen and oxygen atoms in total. The monoisotopic (exact) mass is 304 g/mol. The number of non-ortho nitro benzene ring substituents is 1. The van der Waals surface area contributed by atoms with E-state index in [-0.39, 0.29) is 11.6 Å². The highest BCUT2D eigenvalue weighted by Crippen LogP contribution is 2.32. The van der Waals surface area contributed by atoms with Gasteiger partial charge < -0.3 is 5.32 Å². The molecule has 0 aromatic heterocycles. The summed E-state index contributed by atoms with van der Waals surface area (Å²) in [6.45, 7) is 1.78. The second-order valence-corrected chi connectivity index (χ2v) is 4.94. The molecular weight excluding hydrogens is 292 g/mol. The van der Waals surface area contributed by atoms with Gasteiger partial charge in [0.05, 0.1) is 4.92 Å². The molecule has 2 aromatic rings. The number of benzene rings is 2. The highest BCUT2D eigenvalue weighted by molar-refractivity contribution is 6.33. The van der Waals surface area contributed by atoms with Gasteiger partial charge in [0.1, 0.15) is 0 Å². The fraction of sp³-hybridized carbons (Fsp3) is 0.133. The topological polar surface area (TPSA) is 72.2 Å². The van der Waals surface area contributed by atoms with Gasteiger partial charge in [0.25, 0.3) is 11.6 Å². The third-order valence-electron chi connectivity index (χ3n) is 3.17. The number of nitro groups is 1. The normalized spacial score (nSPS) is 10.2. The highest BCUT2D eigenvalue weighted by atomic mass is 35.5. The average Bonchev–Trinajstić information content (AvgIpc) is 2.46. The quantitative estimate of drug-likeness (QED) is 0.696. The van der Waals surface area contributed by atoms with Crippen LogP contribution in [0.2, 0.25) is 5.02 Å². The molecule has 0 saturated heterocycles. The van der Waals surface area contributed by atoms with Gasteiger partial charge >= 0.3 is 0 Å². The number of aryl methyl sites for hydroxylation is 1. The zero-order valence-corrected chi connectivity index (χ0v) is 12.3. The van der Waals surface area contributed by atoms with Crippen LogP contribution in [0.5, 0.6) is 0 Å². The molecule has 1 amide bonds. The lowest BCUT2D eigenvalue weighted by molar-refractivity contribution is -0.384. The number of hydrogen-bond acceptors (Lipinski definition) is 3. The number of carbonyl (C=O) groups is 1. The molecule has 0 radical (unpaired) electrons. The van der Waals surface area contributed by atoms with Crippen molar-refractivity contribution in [1.82, 2.24) is 5.32 Å². The Labute approximate surface area is 126 Å². The maximum atomic E-state index is 11.6. The maximum absolute atomic E-state index is 11.6. The van der Waals surface area contributed by atoms with Crippen LogP contribution in [0.1, 0.15) is 15.9 Å². The number of amides is 1. The minimum atomic E-state index is -0.437. The smallest absolute Gasteiger partial charge is 0.269 e. The molecule has 0 unspecified atom stereocenters. The number of nitrogens with zero attached hydrogens (tertiary/aromatic N) is 1. The maximum Gasteiger partial charge on any atom is 0.269 e. The highest BCUT2D eigenvalue weighted by Gasteiger charge is 2.13. The fourth-order valence-corrected chi connectivity index (χ4v) is 2.37. The number of rotatable bonds is 3. The third-order valence-corrected chi connectivity index (χ3v) is 3.48. The summed E-state index contributed by atoms with van der Waals surface area (Å²) >= 11 is 6.23. The first kappa shape index (κ1) is 15.0. The number of hydrogen-bond donors (Lipinski definition) is 1. The van der Waals surface area contributed by atoms with Crippen molar-refractivity contribution < 1.29 is 9.72 Å². The summed E-state index contributed by atoms with van der Waals surface area (Å²) in [5.41, 5.74) is 2.78. The Morgan fingerprint density at radius 2 is 1.86 bits per heavy atom. The second-order valence-electron chi connectivity index (χ2n) is 4.53. The van der Waals surface area contributed by atoms with E-state index in [1.54, 1.807) is 38.2 Å². The molecule has 1 N–H and O–H groups in total. The summed E-state index contributed by atoms with van der Waals surface area (Å²) in [5, 5.41) is 13.7. The standard InChI is InChI=1S/C15H13ClN2O3/c1-9-7-11(18(20)21)4-6-12(9)13-5-3-10(8-14(13)16)15(19)17-2/h3-8H,1-2H3,(H,17,19). The fourth-order valence-electron chi connectivity index (χ4n) is 2.08. The predicted octanol–water partition coefficient (Wildman–Crippen LogP) is 3.58. The summed E-state index contributed by atoms with van der Waals surface area (Å²) in [5.74, 6) is -0.219. The van der Waals surface area contributed by atoms with E-state index in [9.17, 15) is 14.9 Å². The van der Waals surface area contributed by atoms with Crippen molar-refractivity contribution in [2.45, 2.75) is 6.92 Å². The second kappa shape index (κ2) is 5.93. The third kappa shape index (κ3) is 3.03. The summed E-state index contributed by atoms with van der Waals surface area (Å²) in [6.07, 6.45) is 0. The zero-order chi connectivity index (χ0) is 15.6. The van der Waals surface area contributed by atoms with Crippen molar-refractivity contribution in [3.63, 3.8) is 0 Å². The molecule has 2 rings (SSSR count). The zero-order valence-electron chi connectivity index (χ0n) is 11.5. The van der Waals surface area contributed by atoms with E-state index in [0.29, 0.717) is 10.6 Å². The van der Waals surface area contributed by atoms with Crippen LogP contribution in [-0.2, 0) is 0 Å². The minimum absolute atomic E-state index is 0.0364. The first-order valence-electron chi connectivity index (χ1n) is 6.21. The molecule has 21 heavy (non-hydrogen) atoms. The molecule has 0 spiro atoms. The van der Waals surface area contributed by atoms with Crippen molar-refractivity contribution in [3.8, 4) is 11.1 Å². The molecule has 2 aromatic carbocycles. The van der Waals surface area contributed by atoms with Crippen LogP contribution >= 0.6 is 11.6 Å². The lowest BCUT2D eigenvalue weighted by Gasteiger charge is -2.09. The molecule has 0 aliphatic rings. The van der Waals surface area contributed by atoms with Gasteiger partial charge in [-0.25, -0.2) is 0 Å². The van der Waals surface area contributed by atoms with Crippen LogP contribution in [0.25, 0.3) is 11.1 Å². The van der Waals surface area contributed by atoms with E-state index >= 15 is 0 Å². The van der Waals surface area contributed by atoms with Crippen molar-refractivity contribution in [1.29, 1.82) is 0 Å². The van der Waals surface area contributed by atoms with Gasteiger partial charge in [-0.1, -0.05) is 17.7 Å². The van der Waals surface area contributed by atoms with E-state index in [4.69, 9.17) is 11.6 Å². The van der Waals surface area contributed by atoms with E-state index < -0.39 is 4.92 Å². The molecule has 0 bridgehead atoms. The van der Waals surface area contributed by atoms with Crippen molar-refractivity contribution in [3.05, 3.63) is 62.7 Å². The molecule has 6 heteroatoms. The molecule has 0 aliphatic heterocycles. The first-order chi connectivity index (χ1) is 9.93. The predicted molar refractivity (Wildman–Crippen MR) is 81.7 cm³/mol. The summed E-state index contributed by atoms with van der Waals surface area (Å²) in [7, 11) is 1.55. The Morgan fingerprint density at radius 1 is 1.19 bits per heavy atom. The minimum Gasteiger partial charge on any atom is -0.355 e. The lowest BCUT2D eigenvalue weighted by Crippen LogP contribution is -2.17. The van der Waals surface area contributed by atoms with Gasteiger partial charge in [0.15, 0.2) is 0 Å². The van der Waals surface area contributed by atoms with Crippen LogP contribution in [-0.4, -0.2) is 17.9 Å².